The van der Waals surface area contributed by atoms with E-state index in [0.717, 1.165) is 27.7 Å². The van der Waals surface area contributed by atoms with Crippen LogP contribution < -0.4 is 5.32 Å². The lowest BCUT2D eigenvalue weighted by Gasteiger charge is -2.26. The van der Waals surface area contributed by atoms with Gasteiger partial charge >= 0.3 is 0 Å². The number of aryl methyl sites for hydroxylation is 2. The molecule has 4 heteroatoms. The zero-order valence-corrected chi connectivity index (χ0v) is 14.6. The molecule has 1 heterocycles. The summed E-state index contributed by atoms with van der Waals surface area (Å²) in [5, 5.41) is 13.9. The second-order valence-electron chi connectivity index (χ2n) is 7.18. The van der Waals surface area contributed by atoms with Crippen molar-refractivity contribution in [2.75, 3.05) is 6.54 Å². The van der Waals surface area contributed by atoms with E-state index in [1.165, 1.54) is 0 Å². The van der Waals surface area contributed by atoms with Crippen molar-refractivity contribution in [3.63, 3.8) is 0 Å². The summed E-state index contributed by atoms with van der Waals surface area (Å²) in [6, 6.07) is 7.96. The van der Waals surface area contributed by atoms with E-state index < -0.39 is 6.10 Å². The summed E-state index contributed by atoms with van der Waals surface area (Å²) in [7, 11) is 0. The van der Waals surface area contributed by atoms with Crippen LogP contribution in [0.25, 0.3) is 10.9 Å². The summed E-state index contributed by atoms with van der Waals surface area (Å²) in [6.45, 7) is 10.1. The van der Waals surface area contributed by atoms with E-state index >= 15 is 0 Å². The van der Waals surface area contributed by atoms with Crippen LogP contribution in [0.5, 0.6) is 0 Å². The van der Waals surface area contributed by atoms with Crippen molar-refractivity contribution in [3.05, 3.63) is 41.1 Å². The minimum atomic E-state index is -0.566. The zero-order valence-electron chi connectivity index (χ0n) is 14.6. The standard InChI is InChI=1S/C19H26N2O2/c1-12-14-8-6-7-9-16(14)21-13(2)15(12)10-18(23)20-11-17(22)19(3,4)5/h6-9,17,22H,10-11H2,1-5H3,(H,20,23). The molecule has 0 aliphatic heterocycles. The summed E-state index contributed by atoms with van der Waals surface area (Å²) in [5.74, 6) is -0.0865. The number of fused-ring (bicyclic) bond motifs is 1. The maximum absolute atomic E-state index is 12.2. The van der Waals surface area contributed by atoms with Gasteiger partial charge in [-0.3, -0.25) is 9.78 Å². The number of carbonyl (C=O) groups excluding carboxylic acids is 1. The lowest BCUT2D eigenvalue weighted by atomic mass is 9.89. The Bertz CT molecular complexity index is 717. The molecule has 1 aromatic heterocycles. The van der Waals surface area contributed by atoms with Crippen LogP contribution in [0, 0.1) is 19.3 Å². The molecule has 0 spiro atoms. The molecule has 0 saturated carbocycles. The summed E-state index contributed by atoms with van der Waals surface area (Å²) in [4.78, 5) is 16.8. The number of aromatic nitrogens is 1. The van der Waals surface area contributed by atoms with Gasteiger partial charge in [-0.1, -0.05) is 39.0 Å². The van der Waals surface area contributed by atoms with Gasteiger partial charge in [0.1, 0.15) is 0 Å². The molecule has 124 valence electrons. The number of rotatable bonds is 4. The molecule has 0 aliphatic carbocycles. The van der Waals surface area contributed by atoms with E-state index in [0.29, 0.717) is 0 Å². The minimum Gasteiger partial charge on any atom is -0.391 e. The van der Waals surface area contributed by atoms with Crippen LogP contribution in [0.1, 0.15) is 37.6 Å². The first kappa shape index (κ1) is 17.4. The van der Waals surface area contributed by atoms with Crippen molar-refractivity contribution in [3.8, 4) is 0 Å². The van der Waals surface area contributed by atoms with Crippen molar-refractivity contribution < 1.29 is 9.90 Å². The summed E-state index contributed by atoms with van der Waals surface area (Å²) >= 11 is 0. The molecular formula is C19H26N2O2. The Hall–Kier alpha value is -1.94. The molecule has 0 saturated heterocycles. The molecule has 1 atom stereocenters. The van der Waals surface area contributed by atoms with Crippen LogP contribution in [0.4, 0.5) is 0 Å². The monoisotopic (exact) mass is 314 g/mol. The number of aliphatic hydroxyl groups excluding tert-OH is 1. The number of carbonyl (C=O) groups is 1. The normalized spacial score (nSPS) is 13.1. The molecule has 0 bridgehead atoms. The van der Waals surface area contributed by atoms with Gasteiger partial charge in [0.2, 0.25) is 5.91 Å². The highest BCUT2D eigenvalue weighted by atomic mass is 16.3. The summed E-state index contributed by atoms with van der Waals surface area (Å²) in [5.41, 5.74) is 3.65. The fourth-order valence-electron chi connectivity index (χ4n) is 2.57. The van der Waals surface area contributed by atoms with Gasteiger partial charge in [-0.15, -0.1) is 0 Å². The Balaban J connectivity index is 2.14. The topological polar surface area (TPSA) is 62.2 Å². The van der Waals surface area contributed by atoms with Gasteiger partial charge in [-0.2, -0.15) is 0 Å². The minimum absolute atomic E-state index is 0.0865. The number of nitrogens with zero attached hydrogens (tertiary/aromatic N) is 1. The number of hydrogen-bond donors (Lipinski definition) is 2. The average Bonchev–Trinajstić information content (AvgIpc) is 2.48. The van der Waals surface area contributed by atoms with Crippen LogP contribution in [0.3, 0.4) is 0 Å². The van der Waals surface area contributed by atoms with Gasteiger partial charge < -0.3 is 10.4 Å². The first-order chi connectivity index (χ1) is 10.7. The Morgan fingerprint density at radius 1 is 1.26 bits per heavy atom. The van der Waals surface area contributed by atoms with E-state index in [9.17, 15) is 9.90 Å². The lowest BCUT2D eigenvalue weighted by Crippen LogP contribution is -2.39. The van der Waals surface area contributed by atoms with Crippen LogP contribution in [0.15, 0.2) is 24.3 Å². The zero-order chi connectivity index (χ0) is 17.2. The van der Waals surface area contributed by atoms with Gasteiger partial charge in [0.25, 0.3) is 0 Å². The Morgan fingerprint density at radius 3 is 2.57 bits per heavy atom. The Labute approximate surface area is 137 Å². The molecule has 4 nitrogen and oxygen atoms in total. The number of nitrogens with one attached hydrogen (secondary N) is 1. The number of benzene rings is 1. The van der Waals surface area contributed by atoms with E-state index in [2.05, 4.69) is 10.3 Å². The molecule has 1 amide bonds. The SMILES string of the molecule is Cc1nc2ccccc2c(C)c1CC(=O)NCC(O)C(C)(C)C. The number of pyridine rings is 1. The first-order valence-electron chi connectivity index (χ1n) is 7.99. The van der Waals surface area contributed by atoms with Crippen molar-refractivity contribution in [2.45, 2.75) is 47.1 Å². The van der Waals surface area contributed by atoms with Crippen LogP contribution in [0.2, 0.25) is 0 Å². The highest BCUT2D eigenvalue weighted by Crippen LogP contribution is 2.23. The Kier molecular flexibility index (Phi) is 5.05. The van der Waals surface area contributed by atoms with Gasteiger partial charge in [0.05, 0.1) is 18.0 Å². The van der Waals surface area contributed by atoms with Crippen LogP contribution in [-0.2, 0) is 11.2 Å². The number of hydrogen-bond acceptors (Lipinski definition) is 3. The second-order valence-corrected chi connectivity index (χ2v) is 7.18. The third-order valence-corrected chi connectivity index (χ3v) is 4.32. The molecule has 23 heavy (non-hydrogen) atoms. The predicted molar refractivity (Wildman–Crippen MR) is 93.4 cm³/mol. The van der Waals surface area contributed by atoms with E-state index in [1.54, 1.807) is 0 Å². The third kappa shape index (κ3) is 4.08. The van der Waals surface area contributed by atoms with Gasteiger partial charge in [-0.05, 0) is 36.5 Å². The maximum Gasteiger partial charge on any atom is 0.224 e. The molecular weight excluding hydrogens is 288 g/mol. The number of aliphatic hydroxyl groups is 1. The fourth-order valence-corrected chi connectivity index (χ4v) is 2.57. The molecule has 0 aliphatic rings. The van der Waals surface area contributed by atoms with E-state index in [1.807, 2.05) is 58.9 Å². The van der Waals surface area contributed by atoms with E-state index in [4.69, 9.17) is 0 Å². The first-order valence-corrected chi connectivity index (χ1v) is 7.99. The highest BCUT2D eigenvalue weighted by Gasteiger charge is 2.22. The van der Waals surface area contributed by atoms with Gasteiger partial charge in [0, 0.05) is 17.6 Å². The van der Waals surface area contributed by atoms with Crippen molar-refractivity contribution in [1.29, 1.82) is 0 Å². The molecule has 2 N–H and O–H groups in total. The van der Waals surface area contributed by atoms with Gasteiger partial charge in [-0.25, -0.2) is 0 Å². The molecule has 2 rings (SSSR count). The molecule has 1 unspecified atom stereocenters. The number of amides is 1. The van der Waals surface area contributed by atoms with Crippen molar-refractivity contribution >= 4 is 16.8 Å². The summed E-state index contributed by atoms with van der Waals surface area (Å²) in [6.07, 6.45) is -0.282. The van der Waals surface area contributed by atoms with Gasteiger partial charge in [0.15, 0.2) is 0 Å². The van der Waals surface area contributed by atoms with E-state index in [-0.39, 0.29) is 24.3 Å². The maximum atomic E-state index is 12.2. The molecule has 0 radical (unpaired) electrons. The quantitative estimate of drug-likeness (QED) is 0.912. The summed E-state index contributed by atoms with van der Waals surface area (Å²) < 4.78 is 0. The third-order valence-electron chi connectivity index (χ3n) is 4.32. The van der Waals surface area contributed by atoms with Crippen molar-refractivity contribution in [2.24, 2.45) is 5.41 Å². The predicted octanol–water partition coefficient (Wildman–Crippen LogP) is 2.92. The smallest absolute Gasteiger partial charge is 0.224 e. The molecule has 1 aromatic carbocycles. The average molecular weight is 314 g/mol. The second kappa shape index (κ2) is 6.67. The van der Waals surface area contributed by atoms with Crippen LogP contribution >= 0.6 is 0 Å². The van der Waals surface area contributed by atoms with Crippen LogP contribution in [-0.4, -0.2) is 28.6 Å². The van der Waals surface area contributed by atoms with Crippen molar-refractivity contribution in [1.82, 2.24) is 10.3 Å². The number of para-hydroxylation sites is 1. The molecule has 0 fully saturated rings. The molecule has 2 aromatic rings. The fraction of sp³-hybridized carbons (Fsp3) is 0.474. The Morgan fingerprint density at radius 2 is 1.91 bits per heavy atom. The highest BCUT2D eigenvalue weighted by molar-refractivity contribution is 5.86. The largest absolute Gasteiger partial charge is 0.391 e. The lowest BCUT2D eigenvalue weighted by molar-refractivity contribution is -0.121.